The fourth-order valence-corrected chi connectivity index (χ4v) is 8.39. The third kappa shape index (κ3) is 3.23. The fourth-order valence-electron chi connectivity index (χ4n) is 8.39. The lowest BCUT2D eigenvalue weighted by atomic mass is 9.49. The zero-order valence-electron chi connectivity index (χ0n) is 18.4. The van der Waals surface area contributed by atoms with E-state index in [9.17, 15) is 9.90 Å². The first-order valence-electron chi connectivity index (χ1n) is 12.0. The quantitative estimate of drug-likeness (QED) is 0.805. The molecule has 0 bridgehead atoms. The average molecular weight is 410 g/mol. The lowest BCUT2D eigenvalue weighted by Gasteiger charge is -2.56. The second kappa shape index (κ2) is 7.19. The number of aliphatic hydroxyl groups is 1. The van der Waals surface area contributed by atoms with Gasteiger partial charge in [0.15, 0.2) is 5.78 Å². The Morgan fingerprint density at radius 1 is 1.17 bits per heavy atom. The number of Topliss-reactive ketones (excluding diaryl/α,β-unsaturated/α-hetero) is 1. The van der Waals surface area contributed by atoms with E-state index in [1.165, 1.54) is 38.3 Å². The summed E-state index contributed by atoms with van der Waals surface area (Å²) in [6, 6.07) is 2.09. The number of hydrogen-bond donors (Lipinski definition) is 1. The van der Waals surface area contributed by atoms with Gasteiger partial charge in [-0.15, -0.1) is 0 Å². The molecule has 0 saturated heterocycles. The highest BCUT2D eigenvalue weighted by Crippen LogP contribution is 2.64. The lowest BCUT2D eigenvalue weighted by Crippen LogP contribution is -2.51. The molecule has 162 valence electrons. The molecule has 4 saturated carbocycles. The van der Waals surface area contributed by atoms with E-state index in [2.05, 4.69) is 18.1 Å². The van der Waals surface area contributed by atoms with Crippen LogP contribution in [0.15, 0.2) is 12.4 Å². The van der Waals surface area contributed by atoms with E-state index < -0.39 is 5.60 Å². The molecule has 4 aliphatic carbocycles. The van der Waals surface area contributed by atoms with Crippen LogP contribution in [0, 0.1) is 52.3 Å². The summed E-state index contributed by atoms with van der Waals surface area (Å²) >= 11 is 0. The Bertz CT molecular complexity index is 868. The summed E-state index contributed by atoms with van der Waals surface area (Å²) < 4.78 is 1.64. The Morgan fingerprint density at radius 2 is 1.97 bits per heavy atom. The van der Waals surface area contributed by atoms with Crippen molar-refractivity contribution in [3.05, 3.63) is 18.0 Å². The van der Waals surface area contributed by atoms with Crippen LogP contribution >= 0.6 is 0 Å². The van der Waals surface area contributed by atoms with Crippen LogP contribution < -0.4 is 0 Å². The summed E-state index contributed by atoms with van der Waals surface area (Å²) in [4.78, 5) is 13.3. The van der Waals surface area contributed by atoms with Crippen LogP contribution in [-0.2, 0) is 11.3 Å². The number of nitrogens with zero attached hydrogens (tertiary/aromatic N) is 3. The maximum Gasteiger partial charge on any atom is 0.157 e. The molecule has 1 N–H and O–H groups in total. The number of ketones is 1. The van der Waals surface area contributed by atoms with Crippen LogP contribution in [-0.4, -0.2) is 26.3 Å². The minimum Gasteiger partial charge on any atom is -0.390 e. The molecule has 1 aromatic rings. The lowest BCUT2D eigenvalue weighted by molar-refractivity contribution is -0.133. The molecule has 0 spiro atoms. The zero-order chi connectivity index (χ0) is 21.1. The largest absolute Gasteiger partial charge is 0.390 e. The van der Waals surface area contributed by atoms with Gasteiger partial charge in [-0.2, -0.15) is 10.4 Å². The smallest absolute Gasteiger partial charge is 0.157 e. The van der Waals surface area contributed by atoms with E-state index in [0.717, 1.165) is 43.4 Å². The third-order valence-electron chi connectivity index (χ3n) is 9.71. The van der Waals surface area contributed by atoms with Crippen molar-refractivity contribution < 1.29 is 9.90 Å². The summed E-state index contributed by atoms with van der Waals surface area (Å²) in [5.74, 6) is 4.15. The molecule has 0 aromatic carbocycles. The molecule has 1 aromatic heterocycles. The summed E-state index contributed by atoms with van der Waals surface area (Å²) in [5, 5.41) is 23.8. The van der Waals surface area contributed by atoms with Crippen molar-refractivity contribution in [1.29, 1.82) is 5.26 Å². The highest BCUT2D eigenvalue weighted by Gasteiger charge is 2.58. The number of carbonyl (C=O) groups excluding carboxylic acids is 1. The third-order valence-corrected chi connectivity index (χ3v) is 9.71. The maximum absolute atomic E-state index is 13.3. The van der Waals surface area contributed by atoms with Gasteiger partial charge >= 0.3 is 0 Å². The summed E-state index contributed by atoms with van der Waals surface area (Å²) in [6.07, 6.45) is 13.5. The monoisotopic (exact) mass is 409 g/mol. The van der Waals surface area contributed by atoms with Gasteiger partial charge in [0.25, 0.3) is 0 Å². The number of hydrogen-bond acceptors (Lipinski definition) is 4. The van der Waals surface area contributed by atoms with E-state index in [1.54, 1.807) is 10.9 Å². The Kier molecular flexibility index (Phi) is 4.85. The van der Waals surface area contributed by atoms with Crippen LogP contribution in [0.3, 0.4) is 0 Å². The van der Waals surface area contributed by atoms with E-state index in [1.807, 2.05) is 6.92 Å². The van der Waals surface area contributed by atoms with Gasteiger partial charge in [-0.3, -0.25) is 9.48 Å². The highest BCUT2D eigenvalue weighted by molar-refractivity contribution is 5.82. The Balaban J connectivity index is 1.30. The first-order valence-corrected chi connectivity index (χ1v) is 12.0. The first kappa shape index (κ1) is 20.2. The van der Waals surface area contributed by atoms with Crippen molar-refractivity contribution in [2.75, 3.05) is 0 Å². The van der Waals surface area contributed by atoms with Crippen molar-refractivity contribution in [2.24, 2.45) is 40.9 Å². The van der Waals surface area contributed by atoms with Gasteiger partial charge in [-0.1, -0.05) is 6.92 Å². The van der Waals surface area contributed by atoms with Gasteiger partial charge in [0.1, 0.15) is 6.07 Å². The Morgan fingerprint density at radius 3 is 2.73 bits per heavy atom. The second-order valence-electron chi connectivity index (χ2n) is 11.4. The molecular formula is C25H35N3O2. The molecule has 1 heterocycles. The second-order valence-corrected chi connectivity index (χ2v) is 11.4. The van der Waals surface area contributed by atoms with Crippen molar-refractivity contribution in [2.45, 2.75) is 83.8 Å². The fraction of sp³-hybridized carbons (Fsp3) is 0.800. The maximum atomic E-state index is 13.3. The molecule has 0 radical (unpaired) electrons. The molecular weight excluding hydrogens is 374 g/mol. The molecule has 4 fully saturated rings. The molecule has 4 aliphatic rings. The van der Waals surface area contributed by atoms with Crippen LogP contribution in [0.4, 0.5) is 0 Å². The summed E-state index contributed by atoms with van der Waals surface area (Å²) in [6.45, 7) is 4.72. The number of aromatic nitrogens is 2. The standard InChI is InChI=1S/C25H35N3O2/c1-24(30)9-7-18-17(11-24)3-4-20-19(18)8-10-25(2)21(20)5-6-22(25)23(29)15-28-14-16(12-26)13-27-28/h13-14,17-22,30H,3-11,15H2,1-2H3/t17-,18?,19-,20?,21+,22-,24-,25+/m1/s1. The van der Waals surface area contributed by atoms with Gasteiger partial charge in [0, 0.05) is 12.1 Å². The van der Waals surface area contributed by atoms with Crippen molar-refractivity contribution in [1.82, 2.24) is 9.78 Å². The van der Waals surface area contributed by atoms with Crippen LogP contribution in [0.5, 0.6) is 0 Å². The van der Waals surface area contributed by atoms with E-state index in [-0.39, 0.29) is 11.3 Å². The predicted octanol–water partition coefficient (Wildman–Crippen LogP) is 4.34. The van der Waals surface area contributed by atoms with E-state index >= 15 is 0 Å². The number of nitriles is 1. The normalized spacial score (nSPS) is 45.1. The van der Waals surface area contributed by atoms with E-state index in [0.29, 0.717) is 29.7 Å². The topological polar surface area (TPSA) is 78.9 Å². The Hall–Kier alpha value is -1.67. The Labute approximate surface area is 179 Å². The van der Waals surface area contributed by atoms with Gasteiger partial charge < -0.3 is 5.11 Å². The highest BCUT2D eigenvalue weighted by atomic mass is 16.3. The number of fused-ring (bicyclic) bond motifs is 5. The van der Waals surface area contributed by atoms with Crippen LogP contribution in [0.2, 0.25) is 0 Å². The zero-order valence-corrected chi connectivity index (χ0v) is 18.4. The SMILES string of the molecule is C[C@@]1(O)CCC2[C@H](CCC3[C@@H]2CC[C@]2(C)[C@@H](C(=O)Cn4cc(C#N)cn4)CC[C@@H]32)C1. The van der Waals surface area contributed by atoms with Crippen LogP contribution in [0.25, 0.3) is 0 Å². The molecule has 5 heteroatoms. The van der Waals surface area contributed by atoms with Crippen molar-refractivity contribution in [3.63, 3.8) is 0 Å². The average Bonchev–Trinajstić information content (AvgIpc) is 3.30. The van der Waals surface area contributed by atoms with Gasteiger partial charge in [0.05, 0.1) is 23.9 Å². The molecule has 30 heavy (non-hydrogen) atoms. The van der Waals surface area contributed by atoms with Gasteiger partial charge in [-0.05, 0) is 99.7 Å². The molecule has 0 aliphatic heterocycles. The molecule has 8 atom stereocenters. The molecule has 5 rings (SSSR count). The number of rotatable bonds is 3. The van der Waals surface area contributed by atoms with Crippen molar-refractivity contribution >= 4 is 5.78 Å². The van der Waals surface area contributed by atoms with E-state index in [4.69, 9.17) is 5.26 Å². The van der Waals surface area contributed by atoms with Crippen LogP contribution in [0.1, 0.15) is 77.2 Å². The first-order chi connectivity index (χ1) is 14.3. The number of carbonyl (C=O) groups is 1. The molecule has 2 unspecified atom stereocenters. The van der Waals surface area contributed by atoms with Gasteiger partial charge in [0.2, 0.25) is 0 Å². The predicted molar refractivity (Wildman–Crippen MR) is 113 cm³/mol. The summed E-state index contributed by atoms with van der Waals surface area (Å²) in [5.41, 5.74) is 0.179. The van der Waals surface area contributed by atoms with Crippen molar-refractivity contribution in [3.8, 4) is 6.07 Å². The minimum atomic E-state index is -0.458. The molecule has 0 amide bonds. The minimum absolute atomic E-state index is 0.121. The summed E-state index contributed by atoms with van der Waals surface area (Å²) in [7, 11) is 0. The molecule has 5 nitrogen and oxygen atoms in total. The van der Waals surface area contributed by atoms with Gasteiger partial charge in [-0.25, -0.2) is 0 Å².